The van der Waals surface area contributed by atoms with Crippen molar-refractivity contribution in [2.75, 3.05) is 18.8 Å². The van der Waals surface area contributed by atoms with Gasteiger partial charge in [0, 0.05) is 31.3 Å². The molecule has 0 spiro atoms. The molecule has 12 heteroatoms. The number of fused-ring (bicyclic) bond motifs is 1. The van der Waals surface area contributed by atoms with Gasteiger partial charge in [-0.1, -0.05) is 30.8 Å². The Hall–Kier alpha value is -4.74. The molecule has 1 fully saturated rings. The highest BCUT2D eigenvalue weighted by Crippen LogP contribution is 2.34. The highest BCUT2D eigenvalue weighted by Gasteiger charge is 2.28. The van der Waals surface area contributed by atoms with E-state index in [0.29, 0.717) is 47.5 Å². The maximum Gasteiger partial charge on any atom is 0.254 e. The number of nitrogens with two attached hydrogens (primary N) is 1. The summed E-state index contributed by atoms with van der Waals surface area (Å²) >= 11 is 0. The Morgan fingerprint density at radius 2 is 1.85 bits per heavy atom. The number of nitrogens with one attached hydrogen (secondary N) is 1. The number of benzene rings is 2. The average molecular weight is 536 g/mol. The summed E-state index contributed by atoms with van der Waals surface area (Å²) in [5.74, 6) is -4.58. The van der Waals surface area contributed by atoms with Gasteiger partial charge < -0.3 is 16.0 Å². The highest BCUT2D eigenvalue weighted by molar-refractivity contribution is 5.98. The number of piperidine rings is 1. The van der Waals surface area contributed by atoms with Crippen molar-refractivity contribution in [3.05, 3.63) is 84.0 Å². The molecule has 1 atom stereocenters. The zero-order chi connectivity index (χ0) is 27.7. The van der Waals surface area contributed by atoms with Gasteiger partial charge in [-0.05, 0) is 30.5 Å². The topological polar surface area (TPSA) is 119 Å². The molecule has 39 heavy (non-hydrogen) atoms. The van der Waals surface area contributed by atoms with Crippen LogP contribution in [-0.2, 0) is 11.3 Å². The maximum atomic E-state index is 13.9. The molecule has 3 N–H and O–H groups in total. The van der Waals surface area contributed by atoms with Crippen molar-refractivity contribution in [2.45, 2.75) is 25.4 Å². The highest BCUT2D eigenvalue weighted by atomic mass is 19.2. The van der Waals surface area contributed by atoms with Crippen LogP contribution in [0.4, 0.5) is 19.0 Å². The van der Waals surface area contributed by atoms with Gasteiger partial charge >= 0.3 is 0 Å². The number of carbonyl (C=O) groups excluding carboxylic acids is 2. The number of rotatable bonds is 6. The van der Waals surface area contributed by atoms with Gasteiger partial charge in [-0.25, -0.2) is 27.8 Å². The largest absolute Gasteiger partial charge is 0.383 e. The van der Waals surface area contributed by atoms with Gasteiger partial charge in [0.25, 0.3) is 5.91 Å². The Kier molecular flexibility index (Phi) is 7.01. The monoisotopic (exact) mass is 535 g/mol. The normalized spacial score (nSPS) is 15.4. The first-order valence-electron chi connectivity index (χ1n) is 12.2. The van der Waals surface area contributed by atoms with Crippen molar-refractivity contribution in [1.82, 2.24) is 30.0 Å². The van der Waals surface area contributed by atoms with Crippen molar-refractivity contribution < 1.29 is 22.8 Å². The van der Waals surface area contributed by atoms with Crippen molar-refractivity contribution >= 4 is 28.7 Å². The molecule has 0 aliphatic carbocycles. The second-order valence-corrected chi connectivity index (χ2v) is 9.16. The van der Waals surface area contributed by atoms with Crippen LogP contribution in [0.1, 0.15) is 34.8 Å². The third-order valence-corrected chi connectivity index (χ3v) is 6.68. The number of aromatic nitrogens is 4. The molecule has 0 radical (unpaired) electrons. The molecule has 200 valence electrons. The molecular weight excluding hydrogens is 511 g/mol. The number of nitrogens with zero attached hydrogens (tertiary/aromatic N) is 5. The van der Waals surface area contributed by atoms with E-state index in [1.165, 1.54) is 12.4 Å². The molecule has 9 nitrogen and oxygen atoms in total. The maximum absolute atomic E-state index is 13.9. The molecule has 4 aromatic rings. The number of likely N-dealkylation sites (tertiary alicyclic amines) is 1. The Morgan fingerprint density at radius 3 is 2.59 bits per heavy atom. The van der Waals surface area contributed by atoms with Crippen LogP contribution in [-0.4, -0.2) is 49.6 Å². The molecule has 1 aliphatic rings. The van der Waals surface area contributed by atoms with Gasteiger partial charge in [0.15, 0.2) is 17.3 Å². The summed E-state index contributed by atoms with van der Waals surface area (Å²) in [5, 5.41) is 7.91. The molecule has 0 bridgehead atoms. The fraction of sp³-hybridized carbons (Fsp3) is 0.222. The quantitative estimate of drug-likeness (QED) is 0.287. The molecule has 3 heterocycles. The van der Waals surface area contributed by atoms with Crippen LogP contribution < -0.4 is 11.1 Å². The summed E-state index contributed by atoms with van der Waals surface area (Å²) in [6, 6.07) is 7.80. The Labute approximate surface area is 221 Å². The van der Waals surface area contributed by atoms with Crippen molar-refractivity contribution in [3.63, 3.8) is 0 Å². The first-order valence-corrected chi connectivity index (χ1v) is 12.2. The third kappa shape index (κ3) is 5.05. The summed E-state index contributed by atoms with van der Waals surface area (Å²) in [7, 11) is 0. The van der Waals surface area contributed by atoms with E-state index in [2.05, 4.69) is 21.9 Å². The van der Waals surface area contributed by atoms with Crippen LogP contribution in [0.3, 0.4) is 0 Å². The van der Waals surface area contributed by atoms with Crippen molar-refractivity contribution in [1.29, 1.82) is 0 Å². The number of carbonyl (C=O) groups is 2. The van der Waals surface area contributed by atoms with E-state index < -0.39 is 28.9 Å². The fourth-order valence-electron chi connectivity index (χ4n) is 4.69. The van der Waals surface area contributed by atoms with E-state index in [-0.39, 0.29) is 24.3 Å². The number of hydrogen-bond donors (Lipinski definition) is 2. The van der Waals surface area contributed by atoms with E-state index in [1.54, 1.807) is 33.8 Å². The van der Waals surface area contributed by atoms with E-state index >= 15 is 0 Å². The molecule has 1 aliphatic heterocycles. The summed E-state index contributed by atoms with van der Waals surface area (Å²) in [6.45, 7) is 4.70. The lowest BCUT2D eigenvalue weighted by Crippen LogP contribution is -2.40. The van der Waals surface area contributed by atoms with Gasteiger partial charge in [0.05, 0.1) is 17.0 Å². The SMILES string of the molecule is C=CC(=O)N1CCCC(n2nc(-c3ccc(CNC(=O)c4cc(F)c(F)cc4F)cc3)c3c(N)ncnc32)C1. The Morgan fingerprint density at radius 1 is 1.10 bits per heavy atom. The lowest BCUT2D eigenvalue weighted by Gasteiger charge is -2.32. The summed E-state index contributed by atoms with van der Waals surface area (Å²) in [5.41, 5.74) is 8.15. The van der Waals surface area contributed by atoms with E-state index in [4.69, 9.17) is 10.8 Å². The number of nitrogen functional groups attached to an aromatic ring is 1. The molecule has 2 aromatic carbocycles. The van der Waals surface area contributed by atoms with Crippen LogP contribution >= 0.6 is 0 Å². The van der Waals surface area contributed by atoms with Crippen LogP contribution in [0.15, 0.2) is 55.4 Å². The standard InChI is InChI=1S/C27H24F3N7O2/c1-2-22(38)36-9-3-4-17(13-36)37-26-23(25(31)33-14-34-26)24(35-37)16-7-5-15(6-8-16)12-32-27(39)18-10-20(29)21(30)11-19(18)28/h2,5-8,10-11,14,17H,1,3-4,9,12-13H2,(H,32,39)(H2,31,33,34). The second kappa shape index (κ2) is 10.6. The van der Waals surface area contributed by atoms with E-state index in [0.717, 1.165) is 18.4 Å². The number of amides is 2. The molecule has 0 saturated carbocycles. The zero-order valence-corrected chi connectivity index (χ0v) is 20.7. The van der Waals surface area contributed by atoms with Gasteiger partial charge in [0.2, 0.25) is 5.91 Å². The summed E-state index contributed by atoms with van der Waals surface area (Å²) < 4.78 is 42.3. The number of hydrogen-bond acceptors (Lipinski definition) is 6. The van der Waals surface area contributed by atoms with Crippen molar-refractivity contribution in [3.8, 4) is 11.3 Å². The lowest BCUT2D eigenvalue weighted by atomic mass is 10.1. The van der Waals surface area contributed by atoms with Gasteiger partial charge in [-0.2, -0.15) is 5.10 Å². The van der Waals surface area contributed by atoms with E-state index in [9.17, 15) is 22.8 Å². The van der Waals surface area contributed by atoms with Crippen LogP contribution in [0, 0.1) is 17.5 Å². The first-order chi connectivity index (χ1) is 18.8. The van der Waals surface area contributed by atoms with Crippen LogP contribution in [0.5, 0.6) is 0 Å². The molecule has 2 aromatic heterocycles. The Bertz CT molecular complexity index is 1590. The summed E-state index contributed by atoms with van der Waals surface area (Å²) in [6.07, 6.45) is 4.28. The van der Waals surface area contributed by atoms with Gasteiger partial charge in [-0.3, -0.25) is 9.59 Å². The minimum Gasteiger partial charge on any atom is -0.383 e. The van der Waals surface area contributed by atoms with Crippen LogP contribution in [0.2, 0.25) is 0 Å². The summed E-state index contributed by atoms with van der Waals surface area (Å²) in [4.78, 5) is 34.8. The second-order valence-electron chi connectivity index (χ2n) is 9.16. The smallest absolute Gasteiger partial charge is 0.254 e. The molecule has 1 unspecified atom stereocenters. The first kappa shape index (κ1) is 25.9. The van der Waals surface area contributed by atoms with Crippen LogP contribution in [0.25, 0.3) is 22.3 Å². The predicted octanol–water partition coefficient (Wildman–Crippen LogP) is 3.77. The Balaban J connectivity index is 1.38. The minimum absolute atomic E-state index is 0.0211. The average Bonchev–Trinajstić information content (AvgIpc) is 3.34. The third-order valence-electron chi connectivity index (χ3n) is 6.68. The van der Waals surface area contributed by atoms with Gasteiger partial charge in [-0.15, -0.1) is 0 Å². The molecule has 2 amide bonds. The van der Waals surface area contributed by atoms with Crippen molar-refractivity contribution in [2.24, 2.45) is 0 Å². The molecular formula is C27H24F3N7O2. The molecule has 1 saturated heterocycles. The van der Waals surface area contributed by atoms with Gasteiger partial charge in [0.1, 0.15) is 23.7 Å². The lowest BCUT2D eigenvalue weighted by molar-refractivity contribution is -0.127. The van der Waals surface area contributed by atoms with E-state index in [1.807, 2.05) is 0 Å². The number of halogens is 3. The number of anilines is 1. The fourth-order valence-corrected chi connectivity index (χ4v) is 4.69. The predicted molar refractivity (Wildman–Crippen MR) is 138 cm³/mol. The zero-order valence-electron chi connectivity index (χ0n) is 20.7. The minimum atomic E-state index is -1.37. The molecule has 5 rings (SSSR count).